The molecule has 0 saturated carbocycles. The number of aromatic nitrogens is 3. The third kappa shape index (κ3) is 2.43. The van der Waals surface area contributed by atoms with Gasteiger partial charge in [0.2, 0.25) is 0 Å². The molecule has 1 aliphatic carbocycles. The quantitative estimate of drug-likeness (QED) is 0.868. The number of aryl methyl sites for hydroxylation is 1. The Bertz CT molecular complexity index is 1110. The summed E-state index contributed by atoms with van der Waals surface area (Å²) in [5.74, 6) is -2.06. The number of amides is 1. The van der Waals surface area contributed by atoms with Crippen LogP contribution in [0.5, 0.6) is 0 Å². The number of rotatable bonds is 2. The van der Waals surface area contributed by atoms with Crippen molar-refractivity contribution >= 4 is 5.91 Å². The predicted molar refractivity (Wildman–Crippen MR) is 93.7 cm³/mol. The van der Waals surface area contributed by atoms with Gasteiger partial charge in [0.05, 0.1) is 23.6 Å². The molecule has 2 aliphatic heterocycles. The number of allylic oxidation sites excluding steroid dienone is 3. The zero-order valence-electron chi connectivity index (χ0n) is 14.7. The molecule has 140 valence electrons. The molecule has 0 radical (unpaired) electrons. The van der Waals surface area contributed by atoms with E-state index in [0.29, 0.717) is 22.8 Å². The van der Waals surface area contributed by atoms with Gasteiger partial charge in [-0.25, -0.2) is 13.8 Å². The van der Waals surface area contributed by atoms with Gasteiger partial charge in [0.25, 0.3) is 5.91 Å². The van der Waals surface area contributed by atoms with Crippen LogP contribution in [0.1, 0.15) is 23.3 Å². The second kappa shape index (κ2) is 6.01. The van der Waals surface area contributed by atoms with Crippen LogP contribution in [0.4, 0.5) is 8.78 Å². The van der Waals surface area contributed by atoms with Crippen molar-refractivity contribution in [3.8, 4) is 0 Å². The van der Waals surface area contributed by atoms with Crippen molar-refractivity contribution in [1.29, 1.82) is 0 Å². The first-order chi connectivity index (χ1) is 13.5. The molecule has 28 heavy (non-hydrogen) atoms. The predicted octanol–water partition coefficient (Wildman–Crippen LogP) is 3.00. The van der Waals surface area contributed by atoms with Crippen LogP contribution in [-0.4, -0.2) is 20.7 Å². The Hall–Kier alpha value is -3.49. The molecule has 0 spiro atoms. The van der Waals surface area contributed by atoms with E-state index in [1.165, 1.54) is 30.6 Å². The largest absolute Gasteiger partial charge is 0.377 e. The maximum Gasteiger partial charge on any atom is 0.276 e. The van der Waals surface area contributed by atoms with Gasteiger partial charge in [-0.2, -0.15) is 10.2 Å². The summed E-state index contributed by atoms with van der Waals surface area (Å²) in [5, 5.41) is 15.4. The monoisotopic (exact) mass is 380 g/mol. The lowest BCUT2D eigenvalue weighted by atomic mass is 9.77. The van der Waals surface area contributed by atoms with Gasteiger partial charge >= 0.3 is 0 Å². The van der Waals surface area contributed by atoms with Crippen LogP contribution in [0, 0.1) is 11.7 Å². The van der Waals surface area contributed by atoms with Crippen LogP contribution in [0.15, 0.2) is 75.8 Å². The van der Waals surface area contributed by atoms with Crippen molar-refractivity contribution in [2.75, 3.05) is 0 Å². The minimum atomic E-state index is -0.829. The molecule has 1 N–H and O–H groups in total. The van der Waals surface area contributed by atoms with E-state index in [2.05, 4.69) is 25.6 Å². The lowest BCUT2D eigenvalue weighted by Gasteiger charge is -2.39. The first-order valence-corrected chi connectivity index (χ1v) is 8.68. The number of azo groups is 1. The van der Waals surface area contributed by atoms with Gasteiger partial charge in [-0.3, -0.25) is 9.48 Å². The Morgan fingerprint density at radius 2 is 1.93 bits per heavy atom. The molecule has 7 nitrogen and oxygen atoms in total. The Morgan fingerprint density at radius 3 is 2.64 bits per heavy atom. The summed E-state index contributed by atoms with van der Waals surface area (Å²) in [5.41, 5.74) is 2.36. The number of nitrogens with one attached hydrogen (secondary N) is 1. The lowest BCUT2D eigenvalue weighted by molar-refractivity contribution is -0.120. The minimum absolute atomic E-state index is 0.358. The molecule has 0 saturated heterocycles. The molecule has 3 heterocycles. The number of carbonyl (C=O) groups is 1. The Kier molecular flexibility index (Phi) is 3.58. The highest BCUT2D eigenvalue weighted by Crippen LogP contribution is 2.48. The number of nitrogens with zero attached hydrogens (tertiary/aromatic N) is 5. The summed E-state index contributed by atoms with van der Waals surface area (Å²) in [6.07, 6.45) is 4.01. The highest BCUT2D eigenvalue weighted by molar-refractivity contribution is 5.87. The van der Waals surface area contributed by atoms with Crippen LogP contribution >= 0.6 is 0 Å². The van der Waals surface area contributed by atoms with Gasteiger partial charge in [-0.1, -0.05) is 12.1 Å². The molecule has 3 aliphatic rings. The van der Waals surface area contributed by atoms with Crippen molar-refractivity contribution in [1.82, 2.24) is 20.1 Å². The van der Waals surface area contributed by atoms with Crippen molar-refractivity contribution in [3.63, 3.8) is 0 Å². The molecule has 0 bridgehead atoms. The second-order valence-electron chi connectivity index (χ2n) is 6.82. The van der Waals surface area contributed by atoms with Gasteiger partial charge in [0.1, 0.15) is 23.8 Å². The number of carbonyl (C=O) groups excluding carboxylic acids is 1. The van der Waals surface area contributed by atoms with Crippen LogP contribution in [0.3, 0.4) is 0 Å². The fourth-order valence-electron chi connectivity index (χ4n) is 3.95. The summed E-state index contributed by atoms with van der Waals surface area (Å²) in [7, 11) is 1.75. The molecule has 1 amide bonds. The molecule has 2 aromatic rings. The lowest BCUT2D eigenvalue weighted by Crippen LogP contribution is -2.39. The van der Waals surface area contributed by atoms with E-state index in [-0.39, 0.29) is 5.82 Å². The highest BCUT2D eigenvalue weighted by atomic mass is 19.1. The van der Waals surface area contributed by atoms with Gasteiger partial charge in [-0.15, -0.1) is 5.11 Å². The zero-order valence-corrected chi connectivity index (χ0v) is 14.7. The van der Waals surface area contributed by atoms with Gasteiger partial charge in [-0.05, 0) is 29.8 Å². The third-order valence-electron chi connectivity index (χ3n) is 5.20. The third-order valence-corrected chi connectivity index (χ3v) is 5.20. The van der Waals surface area contributed by atoms with Crippen LogP contribution in [-0.2, 0) is 11.8 Å². The van der Waals surface area contributed by atoms with E-state index in [9.17, 15) is 13.6 Å². The Balaban J connectivity index is 1.74. The SMILES string of the molecule is Cn1ncnc1C1C2=C3C(=CC(F)=CC3C(=O)N=N2)NC1c1ccc(F)cc1. The van der Waals surface area contributed by atoms with Crippen molar-refractivity contribution in [2.45, 2.75) is 12.0 Å². The van der Waals surface area contributed by atoms with E-state index < -0.39 is 29.6 Å². The number of halogens is 2. The Morgan fingerprint density at radius 1 is 1.14 bits per heavy atom. The zero-order chi connectivity index (χ0) is 19.4. The molecule has 1 aromatic carbocycles. The maximum atomic E-state index is 14.2. The van der Waals surface area contributed by atoms with Crippen LogP contribution < -0.4 is 5.32 Å². The average Bonchev–Trinajstić information content (AvgIpc) is 3.10. The summed E-state index contributed by atoms with van der Waals surface area (Å²) < 4.78 is 29.2. The van der Waals surface area contributed by atoms with E-state index in [1.807, 2.05) is 0 Å². The standard InChI is InChI=1S/C19H14F2N6O/c1-27-18(22-8-23-27)15-16(9-2-4-10(20)5-3-9)24-13-7-11(21)6-12-14(13)17(15)25-26-19(12)28/h2-8,12,15-16,24H,1H3. The van der Waals surface area contributed by atoms with Gasteiger partial charge < -0.3 is 5.32 Å². The smallest absolute Gasteiger partial charge is 0.276 e. The van der Waals surface area contributed by atoms with Gasteiger partial charge in [0.15, 0.2) is 0 Å². The normalized spacial score (nSPS) is 25.8. The molecular formula is C19H14F2N6O. The average molecular weight is 380 g/mol. The van der Waals surface area contributed by atoms with E-state index in [1.54, 1.807) is 23.9 Å². The van der Waals surface area contributed by atoms with E-state index in [4.69, 9.17) is 0 Å². The van der Waals surface area contributed by atoms with E-state index in [0.717, 1.165) is 5.56 Å². The van der Waals surface area contributed by atoms with Crippen molar-refractivity contribution < 1.29 is 13.6 Å². The van der Waals surface area contributed by atoms with E-state index >= 15 is 0 Å². The van der Waals surface area contributed by atoms with Crippen molar-refractivity contribution in [3.05, 3.63) is 82.7 Å². The molecule has 5 rings (SSSR count). The topological polar surface area (TPSA) is 84.5 Å². The molecule has 9 heteroatoms. The molecule has 0 fully saturated rings. The molecule has 3 atom stereocenters. The molecule has 3 unspecified atom stereocenters. The van der Waals surface area contributed by atoms with Crippen LogP contribution in [0.25, 0.3) is 0 Å². The number of hydrogen-bond donors (Lipinski definition) is 1. The minimum Gasteiger partial charge on any atom is -0.377 e. The highest BCUT2D eigenvalue weighted by Gasteiger charge is 2.45. The Labute approximate surface area is 158 Å². The first kappa shape index (κ1) is 16.7. The fraction of sp³-hybridized carbons (Fsp3) is 0.211. The van der Waals surface area contributed by atoms with Crippen LogP contribution in [0.2, 0.25) is 0 Å². The summed E-state index contributed by atoms with van der Waals surface area (Å²) in [6, 6.07) is 5.60. The molecule has 1 aromatic heterocycles. The molecular weight excluding hydrogens is 366 g/mol. The number of hydrogen-bond acceptors (Lipinski definition) is 5. The summed E-state index contributed by atoms with van der Waals surface area (Å²) >= 11 is 0. The number of benzene rings is 1. The van der Waals surface area contributed by atoms with Crippen molar-refractivity contribution in [2.24, 2.45) is 23.2 Å². The maximum absolute atomic E-state index is 14.2. The fourth-order valence-corrected chi connectivity index (χ4v) is 3.95. The summed E-state index contributed by atoms with van der Waals surface area (Å²) in [4.78, 5) is 16.6. The first-order valence-electron chi connectivity index (χ1n) is 8.68. The van der Waals surface area contributed by atoms with Gasteiger partial charge in [0, 0.05) is 18.3 Å². The second-order valence-corrected chi connectivity index (χ2v) is 6.82. The summed E-state index contributed by atoms with van der Waals surface area (Å²) in [6.45, 7) is 0.